The summed E-state index contributed by atoms with van der Waals surface area (Å²) in [7, 11) is 0. The molecule has 4 aliphatic carbocycles. The molecule has 0 aliphatic heterocycles. The molecule has 4 heteroatoms. The van der Waals surface area contributed by atoms with E-state index in [9.17, 15) is 9.90 Å². The average molecular weight is 473 g/mol. The number of esters is 1. The summed E-state index contributed by atoms with van der Waals surface area (Å²) >= 11 is 1.65. The van der Waals surface area contributed by atoms with Crippen molar-refractivity contribution < 1.29 is 14.6 Å². The number of aliphatic hydroxyl groups is 1. The fourth-order valence-corrected chi connectivity index (χ4v) is 9.99. The molecular weight excluding hydrogens is 428 g/mol. The lowest BCUT2D eigenvalue weighted by atomic mass is 9.44. The first-order chi connectivity index (χ1) is 15.8. The zero-order chi connectivity index (χ0) is 23.2. The largest absolute Gasteiger partial charge is 0.460 e. The van der Waals surface area contributed by atoms with Crippen molar-refractivity contribution in [3.05, 3.63) is 22.4 Å². The highest BCUT2D eigenvalue weighted by molar-refractivity contribution is 7.09. The van der Waals surface area contributed by atoms with Gasteiger partial charge in [-0.2, -0.15) is 0 Å². The topological polar surface area (TPSA) is 46.5 Å². The number of hydrogen-bond donors (Lipinski definition) is 1. The van der Waals surface area contributed by atoms with E-state index in [4.69, 9.17) is 4.74 Å². The van der Waals surface area contributed by atoms with Gasteiger partial charge in [-0.3, -0.25) is 4.79 Å². The third-order valence-electron chi connectivity index (χ3n) is 11.2. The van der Waals surface area contributed by atoms with Crippen molar-refractivity contribution in [2.45, 2.75) is 104 Å². The lowest BCUT2D eigenvalue weighted by molar-refractivity contribution is -0.145. The highest BCUT2D eigenvalue weighted by atomic mass is 32.1. The number of carbonyl (C=O) groups excluding carboxylic acids is 1. The Kier molecular flexibility index (Phi) is 6.72. The molecule has 9 atom stereocenters. The number of fused-ring (bicyclic) bond motifs is 5. The molecule has 0 saturated heterocycles. The SMILES string of the molecule is C[C@H](CCC(=O)OCc1cccs1)[C@H]1CC[C@H]2[C@@H]3CC[C@@H]4C[C@H](O)CC[C@]4(C)[C@H]3CC[C@]12C. The highest BCUT2D eigenvalue weighted by Crippen LogP contribution is 2.68. The van der Waals surface area contributed by atoms with Gasteiger partial charge in [-0.25, -0.2) is 0 Å². The first kappa shape index (κ1) is 23.9. The van der Waals surface area contributed by atoms with Crippen molar-refractivity contribution in [2.24, 2.45) is 46.3 Å². The Morgan fingerprint density at radius 3 is 2.70 bits per heavy atom. The van der Waals surface area contributed by atoms with E-state index in [-0.39, 0.29) is 12.1 Å². The zero-order valence-electron chi connectivity index (χ0n) is 20.9. The summed E-state index contributed by atoms with van der Waals surface area (Å²) in [5, 5.41) is 12.3. The maximum absolute atomic E-state index is 12.4. The Morgan fingerprint density at radius 2 is 1.91 bits per heavy atom. The van der Waals surface area contributed by atoms with Gasteiger partial charge in [0, 0.05) is 11.3 Å². The molecule has 1 N–H and O–H groups in total. The van der Waals surface area contributed by atoms with Gasteiger partial charge < -0.3 is 9.84 Å². The second-order valence-corrected chi connectivity index (χ2v) is 13.6. The first-order valence-corrected chi connectivity index (χ1v) is 14.6. The molecule has 0 spiro atoms. The smallest absolute Gasteiger partial charge is 0.306 e. The van der Waals surface area contributed by atoms with Gasteiger partial charge in [-0.05, 0) is 122 Å². The fourth-order valence-electron chi connectivity index (χ4n) is 9.38. The third kappa shape index (κ3) is 4.33. The number of hydrogen-bond acceptors (Lipinski definition) is 4. The Labute approximate surface area is 204 Å². The molecule has 1 heterocycles. The van der Waals surface area contributed by atoms with Crippen LogP contribution in [0.1, 0.15) is 96.3 Å². The van der Waals surface area contributed by atoms with Crippen molar-refractivity contribution in [3.8, 4) is 0 Å². The van der Waals surface area contributed by atoms with Crippen LogP contribution >= 0.6 is 11.3 Å². The van der Waals surface area contributed by atoms with Gasteiger partial charge in [0.05, 0.1) is 6.10 Å². The Balaban J connectivity index is 1.19. The normalized spacial score (nSPS) is 43.3. The van der Waals surface area contributed by atoms with E-state index in [1.807, 2.05) is 17.5 Å². The zero-order valence-corrected chi connectivity index (χ0v) is 21.7. The van der Waals surface area contributed by atoms with E-state index in [0.29, 0.717) is 29.8 Å². The molecule has 4 saturated carbocycles. The van der Waals surface area contributed by atoms with Crippen LogP contribution in [0.5, 0.6) is 0 Å². The quantitative estimate of drug-likeness (QED) is 0.444. The summed E-state index contributed by atoms with van der Waals surface area (Å²) in [6.45, 7) is 8.02. The van der Waals surface area contributed by atoms with Crippen LogP contribution in [0.3, 0.4) is 0 Å². The molecule has 5 rings (SSSR count). The Morgan fingerprint density at radius 1 is 1.12 bits per heavy atom. The molecule has 1 aromatic heterocycles. The fraction of sp³-hybridized carbons (Fsp3) is 0.828. The summed E-state index contributed by atoms with van der Waals surface area (Å²) in [4.78, 5) is 13.5. The molecule has 0 amide bonds. The minimum atomic E-state index is -0.0535. The van der Waals surface area contributed by atoms with Crippen LogP contribution in [0, 0.1) is 46.3 Å². The van der Waals surface area contributed by atoms with Gasteiger partial charge in [0.25, 0.3) is 0 Å². The van der Waals surface area contributed by atoms with Gasteiger partial charge in [0.2, 0.25) is 0 Å². The molecule has 184 valence electrons. The highest BCUT2D eigenvalue weighted by Gasteiger charge is 2.60. The number of aliphatic hydroxyl groups excluding tert-OH is 1. The summed E-state index contributed by atoms with van der Waals surface area (Å²) in [5.74, 6) is 4.64. The second kappa shape index (κ2) is 9.30. The predicted molar refractivity (Wildman–Crippen MR) is 134 cm³/mol. The van der Waals surface area contributed by atoms with E-state index in [2.05, 4.69) is 20.8 Å². The van der Waals surface area contributed by atoms with Crippen LogP contribution in [-0.2, 0) is 16.1 Å². The molecule has 0 bridgehead atoms. The molecular formula is C29H44O3S. The summed E-state index contributed by atoms with van der Waals surface area (Å²) < 4.78 is 5.52. The van der Waals surface area contributed by atoms with Crippen LogP contribution in [0.4, 0.5) is 0 Å². The minimum Gasteiger partial charge on any atom is -0.460 e. The summed E-state index contributed by atoms with van der Waals surface area (Å²) in [6.07, 6.45) is 12.9. The maximum atomic E-state index is 12.4. The molecule has 33 heavy (non-hydrogen) atoms. The van der Waals surface area contributed by atoms with Crippen LogP contribution in [0.15, 0.2) is 17.5 Å². The monoisotopic (exact) mass is 472 g/mol. The van der Waals surface area contributed by atoms with Crippen molar-refractivity contribution in [2.75, 3.05) is 0 Å². The number of ether oxygens (including phenoxy) is 1. The van der Waals surface area contributed by atoms with Gasteiger partial charge in [-0.1, -0.05) is 26.8 Å². The van der Waals surface area contributed by atoms with Gasteiger partial charge >= 0.3 is 5.97 Å². The predicted octanol–water partition coefficient (Wildman–Crippen LogP) is 7.23. The minimum absolute atomic E-state index is 0.0376. The molecule has 0 unspecified atom stereocenters. The van der Waals surface area contributed by atoms with E-state index in [1.165, 1.54) is 44.9 Å². The van der Waals surface area contributed by atoms with Gasteiger partial charge in [-0.15, -0.1) is 11.3 Å². The van der Waals surface area contributed by atoms with E-state index >= 15 is 0 Å². The second-order valence-electron chi connectivity index (χ2n) is 12.6. The van der Waals surface area contributed by atoms with E-state index in [1.54, 1.807) is 11.3 Å². The van der Waals surface area contributed by atoms with Crippen LogP contribution < -0.4 is 0 Å². The van der Waals surface area contributed by atoms with Crippen molar-refractivity contribution in [3.63, 3.8) is 0 Å². The van der Waals surface area contributed by atoms with Crippen molar-refractivity contribution in [1.29, 1.82) is 0 Å². The Hall–Kier alpha value is -0.870. The number of rotatable bonds is 6. The van der Waals surface area contributed by atoms with Gasteiger partial charge in [0.15, 0.2) is 0 Å². The van der Waals surface area contributed by atoms with Gasteiger partial charge in [0.1, 0.15) is 6.61 Å². The van der Waals surface area contributed by atoms with Crippen molar-refractivity contribution >= 4 is 17.3 Å². The lowest BCUT2D eigenvalue weighted by Crippen LogP contribution is -2.54. The molecule has 0 aromatic carbocycles. The summed E-state index contributed by atoms with van der Waals surface area (Å²) in [5.41, 5.74) is 0.901. The van der Waals surface area contributed by atoms with E-state index in [0.717, 1.165) is 53.7 Å². The standard InChI is InChI=1S/C29H44O3S/c1-19(6-11-27(31)32-18-22-5-4-16-33-22)24-9-10-25-23-8-7-20-17-21(30)12-14-28(20,2)26(23)13-15-29(24,25)3/h4-5,16,19-21,23-26,30H,6-15,17-18H2,1-3H3/t19-,20-,21-,23+,24-,25+,26+,28+,29-/m1/s1. The number of carbonyl (C=O) groups is 1. The number of thiophene rings is 1. The summed E-state index contributed by atoms with van der Waals surface area (Å²) in [6, 6.07) is 4.03. The van der Waals surface area contributed by atoms with Crippen molar-refractivity contribution in [1.82, 2.24) is 0 Å². The molecule has 4 fully saturated rings. The molecule has 0 radical (unpaired) electrons. The molecule has 4 aliphatic rings. The third-order valence-corrected chi connectivity index (χ3v) is 12.0. The average Bonchev–Trinajstić information content (AvgIpc) is 3.44. The maximum Gasteiger partial charge on any atom is 0.306 e. The molecule has 1 aromatic rings. The molecule has 3 nitrogen and oxygen atoms in total. The van der Waals surface area contributed by atoms with Crippen LogP contribution in [-0.4, -0.2) is 17.2 Å². The Bertz CT molecular complexity index is 821. The van der Waals surface area contributed by atoms with E-state index < -0.39 is 0 Å². The van der Waals surface area contributed by atoms with Crippen LogP contribution in [0.25, 0.3) is 0 Å². The lowest BCUT2D eigenvalue weighted by Gasteiger charge is -2.61. The van der Waals surface area contributed by atoms with Crippen LogP contribution in [0.2, 0.25) is 0 Å². The first-order valence-electron chi connectivity index (χ1n) is 13.7.